The number of nitrogens with one attached hydrogen (secondary N) is 1. The van der Waals surface area contributed by atoms with Crippen molar-refractivity contribution >= 4 is 5.82 Å². The summed E-state index contributed by atoms with van der Waals surface area (Å²) in [5, 5.41) is 3.30. The molecule has 1 aliphatic carbocycles. The summed E-state index contributed by atoms with van der Waals surface area (Å²) in [6.45, 7) is 4.98. The molecule has 21 heavy (non-hydrogen) atoms. The molecule has 0 saturated heterocycles. The third-order valence-corrected chi connectivity index (χ3v) is 3.70. The molecule has 0 radical (unpaired) electrons. The molecule has 1 aromatic carbocycles. The van der Waals surface area contributed by atoms with E-state index < -0.39 is 0 Å². The predicted octanol–water partition coefficient (Wildman–Crippen LogP) is 3.77. The van der Waals surface area contributed by atoms with Gasteiger partial charge in [0.15, 0.2) is 5.82 Å². The summed E-state index contributed by atoms with van der Waals surface area (Å²) in [4.78, 5) is 9.39. The van der Waals surface area contributed by atoms with E-state index in [2.05, 4.69) is 36.3 Å². The van der Waals surface area contributed by atoms with Crippen LogP contribution in [0, 0.1) is 6.92 Å². The van der Waals surface area contributed by atoms with E-state index in [0.29, 0.717) is 5.92 Å². The van der Waals surface area contributed by atoms with E-state index >= 15 is 0 Å². The van der Waals surface area contributed by atoms with Gasteiger partial charge in [-0.3, -0.25) is 0 Å². The molecule has 1 aliphatic rings. The van der Waals surface area contributed by atoms with Crippen LogP contribution in [0.25, 0.3) is 11.4 Å². The van der Waals surface area contributed by atoms with Gasteiger partial charge in [0.2, 0.25) is 0 Å². The molecule has 0 aliphatic heterocycles. The van der Waals surface area contributed by atoms with Crippen molar-refractivity contribution in [3.05, 3.63) is 35.5 Å². The molecule has 0 spiro atoms. The van der Waals surface area contributed by atoms with E-state index in [1.807, 2.05) is 12.1 Å². The largest absolute Gasteiger partial charge is 0.496 e. The summed E-state index contributed by atoms with van der Waals surface area (Å²) in [5.41, 5.74) is 3.25. The Morgan fingerprint density at radius 2 is 2.05 bits per heavy atom. The van der Waals surface area contributed by atoms with Crippen molar-refractivity contribution in [2.45, 2.75) is 32.6 Å². The number of methoxy groups -OCH3 is 1. The number of hydrogen-bond acceptors (Lipinski definition) is 4. The molecule has 0 unspecified atom stereocenters. The first kappa shape index (κ1) is 13.9. The van der Waals surface area contributed by atoms with Gasteiger partial charge in [-0.25, -0.2) is 9.97 Å². The molecular weight excluding hydrogens is 262 g/mol. The number of benzene rings is 1. The second-order valence-corrected chi connectivity index (χ2v) is 5.51. The van der Waals surface area contributed by atoms with Crippen molar-refractivity contribution in [1.29, 1.82) is 0 Å². The van der Waals surface area contributed by atoms with Gasteiger partial charge in [0, 0.05) is 24.2 Å². The van der Waals surface area contributed by atoms with Crippen molar-refractivity contribution in [2.24, 2.45) is 0 Å². The number of anilines is 1. The Hall–Kier alpha value is -2.10. The molecule has 0 bridgehead atoms. The third-order valence-electron chi connectivity index (χ3n) is 3.70. The van der Waals surface area contributed by atoms with Gasteiger partial charge in [0.05, 0.1) is 12.7 Å². The van der Waals surface area contributed by atoms with Crippen LogP contribution in [-0.2, 0) is 0 Å². The Labute approximate surface area is 125 Å². The minimum absolute atomic E-state index is 0.598. The second kappa shape index (κ2) is 5.72. The highest BCUT2D eigenvalue weighted by atomic mass is 16.5. The SMILES string of the molecule is CCNc1cc(C2CC2)nc(-c2ccc(C)cc2OC)n1. The van der Waals surface area contributed by atoms with Crippen LogP contribution in [0.5, 0.6) is 5.75 Å². The van der Waals surface area contributed by atoms with Crippen LogP contribution in [0.4, 0.5) is 5.82 Å². The highest BCUT2D eigenvalue weighted by molar-refractivity contribution is 5.66. The van der Waals surface area contributed by atoms with E-state index in [1.165, 1.54) is 18.4 Å². The first-order valence-corrected chi connectivity index (χ1v) is 7.49. The van der Waals surface area contributed by atoms with Crippen molar-refractivity contribution in [3.8, 4) is 17.1 Å². The summed E-state index contributed by atoms with van der Waals surface area (Å²) < 4.78 is 5.50. The highest BCUT2D eigenvalue weighted by Crippen LogP contribution is 2.40. The lowest BCUT2D eigenvalue weighted by Gasteiger charge is -2.12. The van der Waals surface area contributed by atoms with Crippen LogP contribution in [0.15, 0.2) is 24.3 Å². The van der Waals surface area contributed by atoms with Crippen LogP contribution in [0.1, 0.15) is 36.9 Å². The number of rotatable bonds is 5. The van der Waals surface area contributed by atoms with E-state index in [1.54, 1.807) is 7.11 Å². The molecule has 4 heteroatoms. The maximum atomic E-state index is 5.50. The number of nitrogens with zero attached hydrogens (tertiary/aromatic N) is 2. The molecule has 1 saturated carbocycles. The molecule has 1 N–H and O–H groups in total. The average molecular weight is 283 g/mol. The number of ether oxygens (including phenoxy) is 1. The van der Waals surface area contributed by atoms with Gasteiger partial charge in [0.25, 0.3) is 0 Å². The van der Waals surface area contributed by atoms with Gasteiger partial charge in [-0.1, -0.05) is 6.07 Å². The van der Waals surface area contributed by atoms with Crippen LogP contribution in [0.2, 0.25) is 0 Å². The molecule has 0 amide bonds. The zero-order valence-corrected chi connectivity index (χ0v) is 12.8. The van der Waals surface area contributed by atoms with Crippen LogP contribution < -0.4 is 10.1 Å². The van der Waals surface area contributed by atoms with Crippen LogP contribution >= 0.6 is 0 Å². The number of aromatic nitrogens is 2. The Balaban J connectivity index is 2.08. The molecule has 1 heterocycles. The summed E-state index contributed by atoms with van der Waals surface area (Å²) in [6.07, 6.45) is 2.46. The fourth-order valence-corrected chi connectivity index (χ4v) is 2.43. The summed E-state index contributed by atoms with van der Waals surface area (Å²) in [5.74, 6) is 3.06. The van der Waals surface area contributed by atoms with Gasteiger partial charge < -0.3 is 10.1 Å². The lowest BCUT2D eigenvalue weighted by Crippen LogP contribution is -2.04. The predicted molar refractivity (Wildman–Crippen MR) is 84.9 cm³/mol. The fraction of sp³-hybridized carbons (Fsp3) is 0.412. The Bertz CT molecular complexity index is 650. The lowest BCUT2D eigenvalue weighted by molar-refractivity contribution is 0.416. The molecule has 0 atom stereocenters. The highest BCUT2D eigenvalue weighted by Gasteiger charge is 2.26. The first-order chi connectivity index (χ1) is 10.2. The molecule has 1 aromatic heterocycles. The Morgan fingerprint density at radius 1 is 1.24 bits per heavy atom. The number of hydrogen-bond donors (Lipinski definition) is 1. The number of aryl methyl sites for hydroxylation is 1. The van der Waals surface area contributed by atoms with Crippen molar-refractivity contribution in [1.82, 2.24) is 9.97 Å². The molecule has 110 valence electrons. The van der Waals surface area contributed by atoms with Gasteiger partial charge in [-0.05, 0) is 44.4 Å². The Morgan fingerprint density at radius 3 is 2.71 bits per heavy atom. The van der Waals surface area contributed by atoms with Gasteiger partial charge >= 0.3 is 0 Å². The molecule has 4 nitrogen and oxygen atoms in total. The topological polar surface area (TPSA) is 47.0 Å². The standard InChI is InChI=1S/C17H21N3O/c1-4-18-16-10-14(12-6-7-12)19-17(20-16)13-8-5-11(2)9-15(13)21-3/h5,8-10,12H,4,6-7H2,1-3H3,(H,18,19,20). The van der Waals surface area contributed by atoms with E-state index in [9.17, 15) is 0 Å². The van der Waals surface area contributed by atoms with Gasteiger partial charge in [-0.2, -0.15) is 0 Å². The average Bonchev–Trinajstić information content (AvgIpc) is 3.31. The van der Waals surface area contributed by atoms with E-state index in [-0.39, 0.29) is 0 Å². The maximum Gasteiger partial charge on any atom is 0.165 e. The first-order valence-electron chi connectivity index (χ1n) is 7.49. The van der Waals surface area contributed by atoms with Crippen molar-refractivity contribution < 1.29 is 4.74 Å². The zero-order chi connectivity index (χ0) is 14.8. The smallest absolute Gasteiger partial charge is 0.165 e. The van der Waals surface area contributed by atoms with Crippen molar-refractivity contribution in [2.75, 3.05) is 19.0 Å². The van der Waals surface area contributed by atoms with E-state index in [0.717, 1.165) is 35.2 Å². The quantitative estimate of drug-likeness (QED) is 0.907. The molecule has 2 aromatic rings. The Kier molecular flexibility index (Phi) is 3.78. The summed E-state index contributed by atoms with van der Waals surface area (Å²) in [6, 6.07) is 8.20. The zero-order valence-electron chi connectivity index (χ0n) is 12.8. The molecule has 3 rings (SSSR count). The van der Waals surface area contributed by atoms with Crippen LogP contribution in [-0.4, -0.2) is 23.6 Å². The second-order valence-electron chi connectivity index (χ2n) is 5.51. The fourth-order valence-electron chi connectivity index (χ4n) is 2.43. The van der Waals surface area contributed by atoms with Crippen molar-refractivity contribution in [3.63, 3.8) is 0 Å². The van der Waals surface area contributed by atoms with Gasteiger partial charge in [-0.15, -0.1) is 0 Å². The monoisotopic (exact) mass is 283 g/mol. The lowest BCUT2D eigenvalue weighted by atomic mass is 10.1. The van der Waals surface area contributed by atoms with Crippen LogP contribution in [0.3, 0.4) is 0 Å². The molecule has 1 fully saturated rings. The van der Waals surface area contributed by atoms with E-state index in [4.69, 9.17) is 9.72 Å². The minimum Gasteiger partial charge on any atom is -0.496 e. The van der Waals surface area contributed by atoms with Gasteiger partial charge in [0.1, 0.15) is 11.6 Å². The maximum absolute atomic E-state index is 5.50. The minimum atomic E-state index is 0.598. The normalized spacial score (nSPS) is 14.0. The third kappa shape index (κ3) is 2.99. The molecular formula is C17H21N3O. The summed E-state index contributed by atoms with van der Waals surface area (Å²) >= 11 is 0. The summed E-state index contributed by atoms with van der Waals surface area (Å²) in [7, 11) is 1.69.